The molecule has 1 aliphatic rings. The first-order valence-corrected chi connectivity index (χ1v) is 8.62. The fraction of sp³-hybridized carbons (Fsp3) is 0.105. The van der Waals surface area contributed by atoms with Gasteiger partial charge in [0, 0.05) is 15.9 Å². The molecule has 1 heterocycles. The minimum Gasteiger partial charge on any atom is -0.327 e. The SMILES string of the molecule is CC1=C(C(=O)Nc2ccc(Br)cc2)[C@@H](c2ccc(C#N)cc2)NC(=O)N1. The van der Waals surface area contributed by atoms with Gasteiger partial charge in [0.05, 0.1) is 23.2 Å². The van der Waals surface area contributed by atoms with E-state index in [-0.39, 0.29) is 11.9 Å². The van der Waals surface area contributed by atoms with Crippen LogP contribution in [0.3, 0.4) is 0 Å². The molecule has 3 N–H and O–H groups in total. The van der Waals surface area contributed by atoms with Crippen LogP contribution in [-0.2, 0) is 4.79 Å². The number of allylic oxidation sites excluding steroid dienone is 1. The number of halogens is 1. The van der Waals surface area contributed by atoms with E-state index in [1.165, 1.54) is 0 Å². The van der Waals surface area contributed by atoms with E-state index < -0.39 is 6.04 Å². The van der Waals surface area contributed by atoms with Crippen LogP contribution >= 0.6 is 15.9 Å². The third kappa shape index (κ3) is 3.76. The van der Waals surface area contributed by atoms with Gasteiger partial charge in [-0.2, -0.15) is 5.26 Å². The fourth-order valence-corrected chi connectivity index (χ4v) is 2.99. The maximum absolute atomic E-state index is 12.9. The Kier molecular flexibility index (Phi) is 5.05. The van der Waals surface area contributed by atoms with Crippen LogP contribution in [0.1, 0.15) is 24.1 Å². The Morgan fingerprint density at radius 1 is 1.15 bits per heavy atom. The molecule has 0 spiro atoms. The zero-order valence-corrected chi connectivity index (χ0v) is 15.4. The molecule has 0 saturated heterocycles. The molecule has 130 valence electrons. The molecule has 2 aromatic rings. The Balaban J connectivity index is 1.93. The normalized spacial score (nSPS) is 16.3. The lowest BCUT2D eigenvalue weighted by atomic mass is 9.94. The molecule has 0 radical (unpaired) electrons. The minimum absolute atomic E-state index is 0.313. The predicted octanol–water partition coefficient (Wildman–Crippen LogP) is 3.59. The molecule has 2 aromatic carbocycles. The monoisotopic (exact) mass is 410 g/mol. The van der Waals surface area contributed by atoms with E-state index in [4.69, 9.17) is 5.26 Å². The summed E-state index contributed by atoms with van der Waals surface area (Å²) < 4.78 is 0.910. The van der Waals surface area contributed by atoms with Crippen molar-refractivity contribution in [3.8, 4) is 6.07 Å². The molecular weight excluding hydrogens is 396 g/mol. The Hall–Kier alpha value is -3.11. The number of rotatable bonds is 3. The molecule has 1 aliphatic heterocycles. The molecule has 3 rings (SSSR count). The predicted molar refractivity (Wildman–Crippen MR) is 101 cm³/mol. The topological polar surface area (TPSA) is 94.0 Å². The summed E-state index contributed by atoms with van der Waals surface area (Å²) in [4.78, 5) is 24.8. The van der Waals surface area contributed by atoms with E-state index in [0.717, 1.165) is 10.0 Å². The first kappa shape index (κ1) is 17.7. The van der Waals surface area contributed by atoms with Crippen molar-refractivity contribution in [3.63, 3.8) is 0 Å². The maximum atomic E-state index is 12.9. The number of anilines is 1. The van der Waals surface area contributed by atoms with Crippen molar-refractivity contribution in [2.24, 2.45) is 0 Å². The van der Waals surface area contributed by atoms with Gasteiger partial charge in [-0.3, -0.25) is 4.79 Å². The largest absolute Gasteiger partial charge is 0.327 e. The zero-order chi connectivity index (χ0) is 18.7. The lowest BCUT2D eigenvalue weighted by Gasteiger charge is -2.28. The molecule has 0 unspecified atom stereocenters. The van der Waals surface area contributed by atoms with Crippen LogP contribution in [0.2, 0.25) is 0 Å². The summed E-state index contributed by atoms with van der Waals surface area (Å²) in [6.45, 7) is 1.69. The number of hydrogen-bond acceptors (Lipinski definition) is 3. The van der Waals surface area contributed by atoms with Gasteiger partial charge in [0.2, 0.25) is 0 Å². The van der Waals surface area contributed by atoms with E-state index >= 15 is 0 Å². The second-order valence-electron chi connectivity index (χ2n) is 5.76. The van der Waals surface area contributed by atoms with Crippen molar-refractivity contribution in [3.05, 3.63) is 75.4 Å². The quantitative estimate of drug-likeness (QED) is 0.721. The number of benzene rings is 2. The van der Waals surface area contributed by atoms with Crippen molar-refractivity contribution in [1.29, 1.82) is 5.26 Å². The first-order valence-electron chi connectivity index (χ1n) is 7.83. The summed E-state index contributed by atoms with van der Waals surface area (Å²) in [5.74, 6) is -0.313. The van der Waals surface area contributed by atoms with Crippen LogP contribution in [0.4, 0.5) is 10.5 Å². The van der Waals surface area contributed by atoms with Gasteiger partial charge in [0.15, 0.2) is 0 Å². The molecule has 1 atom stereocenters. The molecule has 0 aliphatic carbocycles. The standard InChI is InChI=1S/C19H15BrN4O2/c1-11-16(18(25)23-15-8-6-14(20)7-9-15)17(24-19(26)22-11)13-4-2-12(10-21)3-5-13/h2-9,17H,1H3,(H,23,25)(H2,22,24,26)/t17-/m1/s1. The Bertz CT molecular complexity index is 928. The third-order valence-corrected chi connectivity index (χ3v) is 4.52. The Morgan fingerprint density at radius 3 is 2.42 bits per heavy atom. The molecule has 0 aromatic heterocycles. The molecule has 0 saturated carbocycles. The van der Waals surface area contributed by atoms with E-state index in [2.05, 4.69) is 37.9 Å². The zero-order valence-electron chi connectivity index (χ0n) is 13.8. The van der Waals surface area contributed by atoms with Gasteiger partial charge >= 0.3 is 6.03 Å². The summed E-state index contributed by atoms with van der Waals surface area (Å²) in [6.07, 6.45) is 0. The van der Waals surface area contributed by atoms with Gasteiger partial charge in [-0.25, -0.2) is 4.79 Å². The molecule has 7 heteroatoms. The summed E-state index contributed by atoms with van der Waals surface area (Å²) in [5.41, 5.74) is 2.78. The molecule has 0 fully saturated rings. The van der Waals surface area contributed by atoms with Crippen LogP contribution in [-0.4, -0.2) is 11.9 Å². The van der Waals surface area contributed by atoms with Crippen molar-refractivity contribution in [2.75, 3.05) is 5.32 Å². The van der Waals surface area contributed by atoms with E-state index in [0.29, 0.717) is 22.5 Å². The van der Waals surface area contributed by atoms with Crippen LogP contribution in [0.25, 0.3) is 0 Å². The number of carbonyl (C=O) groups is 2. The molecule has 3 amide bonds. The summed E-state index contributed by atoms with van der Waals surface area (Å²) >= 11 is 3.35. The molecule has 0 bridgehead atoms. The summed E-state index contributed by atoms with van der Waals surface area (Å²) in [7, 11) is 0. The highest BCUT2D eigenvalue weighted by Crippen LogP contribution is 2.28. The minimum atomic E-state index is -0.605. The third-order valence-electron chi connectivity index (χ3n) is 3.99. The highest BCUT2D eigenvalue weighted by Gasteiger charge is 2.31. The highest BCUT2D eigenvalue weighted by atomic mass is 79.9. The van der Waals surface area contributed by atoms with Crippen molar-refractivity contribution in [2.45, 2.75) is 13.0 Å². The number of nitrogens with zero attached hydrogens (tertiary/aromatic N) is 1. The van der Waals surface area contributed by atoms with E-state index in [9.17, 15) is 9.59 Å². The maximum Gasteiger partial charge on any atom is 0.319 e. The number of nitriles is 1. The number of hydrogen-bond donors (Lipinski definition) is 3. The van der Waals surface area contributed by atoms with E-state index in [1.807, 2.05) is 12.1 Å². The average Bonchev–Trinajstić information content (AvgIpc) is 2.63. The lowest BCUT2D eigenvalue weighted by molar-refractivity contribution is -0.113. The number of carbonyl (C=O) groups excluding carboxylic acids is 2. The van der Waals surface area contributed by atoms with Crippen LogP contribution < -0.4 is 16.0 Å². The smallest absolute Gasteiger partial charge is 0.319 e. The van der Waals surface area contributed by atoms with Gasteiger partial charge < -0.3 is 16.0 Å². The van der Waals surface area contributed by atoms with Gasteiger partial charge in [0.1, 0.15) is 0 Å². The summed E-state index contributed by atoms with van der Waals surface area (Å²) in [6, 6.07) is 15.1. The lowest BCUT2D eigenvalue weighted by Crippen LogP contribution is -2.45. The number of nitrogens with one attached hydrogen (secondary N) is 3. The van der Waals surface area contributed by atoms with Crippen molar-refractivity contribution < 1.29 is 9.59 Å². The Labute approximate surface area is 159 Å². The van der Waals surface area contributed by atoms with Gasteiger partial charge in [-0.15, -0.1) is 0 Å². The van der Waals surface area contributed by atoms with E-state index in [1.54, 1.807) is 43.3 Å². The van der Waals surface area contributed by atoms with Crippen LogP contribution in [0.5, 0.6) is 0 Å². The average molecular weight is 411 g/mol. The Morgan fingerprint density at radius 2 is 1.81 bits per heavy atom. The van der Waals surface area contributed by atoms with Gasteiger partial charge in [-0.05, 0) is 48.9 Å². The van der Waals surface area contributed by atoms with Gasteiger partial charge in [-0.1, -0.05) is 28.1 Å². The highest BCUT2D eigenvalue weighted by molar-refractivity contribution is 9.10. The molecule has 6 nitrogen and oxygen atoms in total. The second kappa shape index (κ2) is 7.42. The van der Waals surface area contributed by atoms with Crippen molar-refractivity contribution in [1.82, 2.24) is 10.6 Å². The fourth-order valence-electron chi connectivity index (χ4n) is 2.73. The summed E-state index contributed by atoms with van der Waals surface area (Å²) in [5, 5.41) is 17.2. The second-order valence-corrected chi connectivity index (χ2v) is 6.68. The first-order chi connectivity index (χ1) is 12.5. The molecule has 26 heavy (non-hydrogen) atoms. The van der Waals surface area contributed by atoms with Crippen LogP contribution in [0.15, 0.2) is 64.3 Å². The van der Waals surface area contributed by atoms with Gasteiger partial charge in [0.25, 0.3) is 5.91 Å². The van der Waals surface area contributed by atoms with Crippen LogP contribution in [0, 0.1) is 11.3 Å². The number of urea groups is 1. The van der Waals surface area contributed by atoms with Crippen molar-refractivity contribution >= 4 is 33.6 Å². The number of amides is 3. The molecular formula is C19H15BrN4O2.